The van der Waals surface area contributed by atoms with Gasteiger partial charge in [-0.05, 0) is 19.9 Å². The molecule has 2 heterocycles. The van der Waals surface area contributed by atoms with Gasteiger partial charge in [-0.15, -0.1) is 0 Å². The number of carbonyl (C=O) groups excluding carboxylic acids is 1. The van der Waals surface area contributed by atoms with Crippen LogP contribution < -0.4 is 5.56 Å². The number of ether oxygens (including phenoxy) is 1. The molecule has 0 unspecified atom stereocenters. The van der Waals surface area contributed by atoms with Crippen molar-refractivity contribution in [1.82, 2.24) is 14.5 Å². The van der Waals surface area contributed by atoms with E-state index in [1.807, 2.05) is 13.8 Å². The first-order valence-corrected chi connectivity index (χ1v) is 7.92. The summed E-state index contributed by atoms with van der Waals surface area (Å²) in [6.07, 6.45) is 1.16. The molecule has 0 radical (unpaired) electrons. The number of nitro benzene ring substituents is 1. The second-order valence-electron chi connectivity index (χ2n) is 6.19. The number of non-ortho nitro benzene ring substituents is 1. The first-order valence-electron chi connectivity index (χ1n) is 7.92. The number of benzene rings is 1. The molecule has 9 nitrogen and oxygen atoms in total. The second kappa shape index (κ2) is 6.60. The van der Waals surface area contributed by atoms with E-state index < -0.39 is 10.5 Å². The zero-order chi connectivity index (χ0) is 18.1. The van der Waals surface area contributed by atoms with Crippen LogP contribution in [-0.4, -0.2) is 50.6 Å². The van der Waals surface area contributed by atoms with Gasteiger partial charge in [0.05, 0.1) is 34.4 Å². The van der Waals surface area contributed by atoms with E-state index in [1.54, 1.807) is 4.90 Å². The Bertz CT molecular complexity index is 884. The van der Waals surface area contributed by atoms with E-state index in [0.717, 1.165) is 0 Å². The number of nitro groups is 1. The third-order valence-electron chi connectivity index (χ3n) is 4.10. The van der Waals surface area contributed by atoms with Gasteiger partial charge in [0.15, 0.2) is 0 Å². The number of morpholine rings is 1. The highest BCUT2D eigenvalue weighted by Crippen LogP contribution is 2.16. The normalized spacial score (nSPS) is 20.6. The number of hydrogen-bond donors (Lipinski definition) is 0. The third kappa shape index (κ3) is 3.50. The largest absolute Gasteiger partial charge is 0.372 e. The molecule has 1 aliphatic heterocycles. The SMILES string of the molecule is C[C@@H]1CN(C(=O)Cn2cnc3ccc([N+](=O)[O-])cc3c2=O)C[C@H](C)O1. The average Bonchev–Trinajstić information content (AvgIpc) is 2.56. The summed E-state index contributed by atoms with van der Waals surface area (Å²) < 4.78 is 6.77. The van der Waals surface area contributed by atoms with Gasteiger partial charge in [-0.1, -0.05) is 0 Å². The quantitative estimate of drug-likeness (QED) is 0.604. The van der Waals surface area contributed by atoms with Gasteiger partial charge in [0.1, 0.15) is 6.54 Å². The number of hydrogen-bond acceptors (Lipinski definition) is 6. The number of amides is 1. The number of rotatable bonds is 3. The zero-order valence-corrected chi connectivity index (χ0v) is 13.9. The summed E-state index contributed by atoms with van der Waals surface area (Å²) in [5.41, 5.74) is -0.310. The average molecular weight is 346 g/mol. The molecule has 1 fully saturated rings. The Hall–Kier alpha value is -2.81. The molecule has 132 valence electrons. The number of nitrogens with zero attached hydrogens (tertiary/aromatic N) is 4. The number of carbonyl (C=O) groups is 1. The van der Waals surface area contributed by atoms with Gasteiger partial charge in [0.25, 0.3) is 11.2 Å². The lowest BCUT2D eigenvalue weighted by atomic mass is 10.2. The van der Waals surface area contributed by atoms with Gasteiger partial charge in [-0.25, -0.2) is 4.98 Å². The minimum absolute atomic E-state index is 0.0678. The fourth-order valence-electron chi connectivity index (χ4n) is 3.00. The second-order valence-corrected chi connectivity index (χ2v) is 6.19. The van der Waals surface area contributed by atoms with Gasteiger partial charge in [-0.2, -0.15) is 0 Å². The van der Waals surface area contributed by atoms with Gasteiger partial charge < -0.3 is 9.64 Å². The van der Waals surface area contributed by atoms with E-state index in [4.69, 9.17) is 4.74 Å². The Morgan fingerprint density at radius 3 is 2.68 bits per heavy atom. The van der Waals surface area contributed by atoms with Crippen LogP contribution in [0.1, 0.15) is 13.8 Å². The van der Waals surface area contributed by atoms with Crippen LogP contribution >= 0.6 is 0 Å². The minimum atomic E-state index is -0.572. The van der Waals surface area contributed by atoms with Crippen LogP contribution in [0.2, 0.25) is 0 Å². The van der Waals surface area contributed by atoms with Crippen LogP contribution in [0.4, 0.5) is 5.69 Å². The van der Waals surface area contributed by atoms with E-state index in [2.05, 4.69) is 4.98 Å². The van der Waals surface area contributed by atoms with Crippen LogP contribution in [0, 0.1) is 10.1 Å². The molecule has 9 heteroatoms. The summed E-state index contributed by atoms with van der Waals surface area (Å²) in [5.74, 6) is -0.212. The summed E-state index contributed by atoms with van der Waals surface area (Å²) in [6, 6.07) is 3.90. The summed E-state index contributed by atoms with van der Waals surface area (Å²) >= 11 is 0. The highest BCUT2D eigenvalue weighted by molar-refractivity contribution is 5.81. The number of aromatic nitrogens is 2. The lowest BCUT2D eigenvalue weighted by Crippen LogP contribution is -2.49. The molecule has 2 aromatic rings. The van der Waals surface area contributed by atoms with E-state index in [-0.39, 0.29) is 35.7 Å². The molecule has 2 atom stereocenters. The lowest BCUT2D eigenvalue weighted by Gasteiger charge is -2.35. The van der Waals surface area contributed by atoms with E-state index >= 15 is 0 Å². The summed E-state index contributed by atoms with van der Waals surface area (Å²) in [6.45, 7) is 4.54. The maximum Gasteiger partial charge on any atom is 0.270 e. The van der Waals surface area contributed by atoms with Crippen molar-refractivity contribution in [2.24, 2.45) is 0 Å². The molecule has 0 saturated carbocycles. The van der Waals surface area contributed by atoms with Crippen molar-refractivity contribution < 1.29 is 14.5 Å². The topological polar surface area (TPSA) is 108 Å². The molecule has 25 heavy (non-hydrogen) atoms. The fraction of sp³-hybridized carbons (Fsp3) is 0.438. The predicted molar refractivity (Wildman–Crippen MR) is 89.2 cm³/mol. The van der Waals surface area contributed by atoms with Crippen LogP contribution in [0.3, 0.4) is 0 Å². The van der Waals surface area contributed by atoms with E-state index in [9.17, 15) is 19.7 Å². The van der Waals surface area contributed by atoms with Crippen molar-refractivity contribution in [3.8, 4) is 0 Å². The first-order chi connectivity index (χ1) is 11.8. The van der Waals surface area contributed by atoms with Crippen LogP contribution in [0.5, 0.6) is 0 Å². The Morgan fingerprint density at radius 2 is 2.04 bits per heavy atom. The molecule has 1 aromatic carbocycles. The molecule has 0 N–H and O–H groups in total. The first kappa shape index (κ1) is 17.0. The van der Waals surface area contributed by atoms with E-state index in [0.29, 0.717) is 18.6 Å². The van der Waals surface area contributed by atoms with Crippen molar-refractivity contribution in [3.05, 3.63) is 45.0 Å². The monoisotopic (exact) mass is 346 g/mol. The molecule has 0 aliphatic carbocycles. The molecular formula is C16H18N4O5. The van der Waals surface area contributed by atoms with Crippen molar-refractivity contribution >= 4 is 22.5 Å². The molecule has 0 spiro atoms. The summed E-state index contributed by atoms with van der Waals surface area (Å²) in [7, 11) is 0. The Kier molecular flexibility index (Phi) is 4.49. The highest BCUT2D eigenvalue weighted by Gasteiger charge is 2.26. The molecule has 1 amide bonds. The highest BCUT2D eigenvalue weighted by atomic mass is 16.6. The Labute approximate surface area is 143 Å². The molecular weight excluding hydrogens is 328 g/mol. The predicted octanol–water partition coefficient (Wildman–Crippen LogP) is 0.940. The van der Waals surface area contributed by atoms with Crippen LogP contribution in [0.15, 0.2) is 29.3 Å². The van der Waals surface area contributed by atoms with Crippen LogP contribution in [-0.2, 0) is 16.1 Å². The van der Waals surface area contributed by atoms with Crippen molar-refractivity contribution in [2.45, 2.75) is 32.6 Å². The third-order valence-corrected chi connectivity index (χ3v) is 4.10. The molecule has 1 aromatic heterocycles. The summed E-state index contributed by atoms with van der Waals surface area (Å²) in [5, 5.41) is 11.0. The standard InChI is InChI=1S/C16H18N4O5/c1-10-6-18(7-11(2)25-10)15(21)8-19-9-17-14-4-3-12(20(23)24)5-13(14)16(19)22/h3-5,9-11H,6-8H2,1-2H3/t10-,11+. The molecule has 1 saturated heterocycles. The van der Waals surface area contributed by atoms with Gasteiger partial charge in [0, 0.05) is 25.2 Å². The van der Waals surface area contributed by atoms with Crippen molar-refractivity contribution in [1.29, 1.82) is 0 Å². The fourth-order valence-corrected chi connectivity index (χ4v) is 3.00. The smallest absolute Gasteiger partial charge is 0.270 e. The zero-order valence-electron chi connectivity index (χ0n) is 13.9. The van der Waals surface area contributed by atoms with Crippen LogP contribution in [0.25, 0.3) is 10.9 Å². The molecule has 0 bridgehead atoms. The maximum absolute atomic E-state index is 12.6. The number of fused-ring (bicyclic) bond motifs is 1. The molecule has 3 rings (SSSR count). The van der Waals surface area contributed by atoms with E-state index in [1.165, 1.54) is 29.1 Å². The van der Waals surface area contributed by atoms with Crippen molar-refractivity contribution in [2.75, 3.05) is 13.1 Å². The Balaban J connectivity index is 1.88. The lowest BCUT2D eigenvalue weighted by molar-refractivity contribution is -0.384. The van der Waals surface area contributed by atoms with Crippen molar-refractivity contribution in [3.63, 3.8) is 0 Å². The molecule has 1 aliphatic rings. The minimum Gasteiger partial charge on any atom is -0.372 e. The maximum atomic E-state index is 12.6. The Morgan fingerprint density at radius 1 is 1.36 bits per heavy atom. The summed E-state index contributed by atoms with van der Waals surface area (Å²) in [4.78, 5) is 41.1. The van der Waals surface area contributed by atoms with Gasteiger partial charge >= 0.3 is 0 Å². The van der Waals surface area contributed by atoms with Gasteiger partial charge in [0.2, 0.25) is 5.91 Å². The van der Waals surface area contributed by atoms with Gasteiger partial charge in [-0.3, -0.25) is 24.3 Å².